The molecule has 0 aliphatic rings. The van der Waals surface area contributed by atoms with Crippen LogP contribution in [-0.2, 0) is 18.1 Å². The van der Waals surface area contributed by atoms with E-state index in [0.717, 1.165) is 32.3 Å². The predicted octanol–water partition coefficient (Wildman–Crippen LogP) is 6.12. The lowest BCUT2D eigenvalue weighted by atomic mass is 9.90. The summed E-state index contributed by atoms with van der Waals surface area (Å²) in [7, 11) is 2.86. The first-order chi connectivity index (χ1) is 15.2. The van der Waals surface area contributed by atoms with E-state index in [0.29, 0.717) is 5.39 Å². The molecule has 0 radical (unpaired) electrons. The lowest BCUT2D eigenvalue weighted by Gasteiger charge is -2.17. The summed E-state index contributed by atoms with van der Waals surface area (Å²) in [6.07, 6.45) is 0. The molecule has 0 amide bonds. The minimum absolute atomic E-state index is 0.0199. The predicted molar refractivity (Wildman–Crippen MR) is 133 cm³/mol. The minimum atomic E-state index is -4.21. The second-order valence-electron chi connectivity index (χ2n) is 6.56. The zero-order valence-electron chi connectivity index (χ0n) is 16.4. The van der Waals surface area contributed by atoms with Gasteiger partial charge in [-0.15, -0.1) is 0 Å². The van der Waals surface area contributed by atoms with Gasteiger partial charge in [-0.3, -0.25) is 0 Å². The lowest BCUT2D eigenvalue weighted by molar-refractivity contribution is 0.610. The first-order valence-electron chi connectivity index (χ1n) is 8.90. The average molecular weight is 507 g/mol. The second-order valence-corrected chi connectivity index (χ2v) is 11.6. The maximum atomic E-state index is 12.2. The highest BCUT2D eigenvalue weighted by Crippen LogP contribution is 2.44. The number of fused-ring (bicyclic) bond motifs is 2. The quantitative estimate of drug-likeness (QED) is 0.130. The summed E-state index contributed by atoms with van der Waals surface area (Å²) in [5, 5.41) is 16.9. The Morgan fingerprint density at radius 1 is 0.531 bits per heavy atom. The van der Waals surface area contributed by atoms with Crippen molar-refractivity contribution in [3.63, 3.8) is 0 Å². The van der Waals surface area contributed by atoms with Crippen molar-refractivity contribution in [2.45, 2.75) is 9.79 Å². The summed E-state index contributed by atoms with van der Waals surface area (Å²) in [6.45, 7) is 5.00. The monoisotopic (exact) mass is 506 g/mol. The largest absolute Gasteiger partial charge is 0.317 e. The molecule has 0 atom stereocenters. The van der Waals surface area contributed by atoms with Crippen molar-refractivity contribution in [2.75, 3.05) is 0 Å². The molecule has 5 rings (SSSR count). The lowest BCUT2D eigenvalue weighted by Crippen LogP contribution is -2.00. The topological polar surface area (TPSA) is 116 Å². The SMILES string of the molecule is C=N.C=N.O=S(=O)(Cl)c1ccc2c3cccc4cccc(c5ccc(S(=O)(=O)Cl)c1c25)c43. The molecule has 0 bridgehead atoms. The van der Waals surface area contributed by atoms with Gasteiger partial charge in [-0.25, -0.2) is 16.8 Å². The number of hydrogen-bond donors (Lipinski definition) is 2. The molecule has 0 saturated heterocycles. The van der Waals surface area contributed by atoms with Crippen molar-refractivity contribution in [2.24, 2.45) is 0 Å². The van der Waals surface area contributed by atoms with E-state index in [2.05, 4.69) is 13.4 Å². The fourth-order valence-electron chi connectivity index (χ4n) is 4.08. The summed E-state index contributed by atoms with van der Waals surface area (Å²) in [4.78, 5) is -0.555. The number of halogens is 2. The Balaban J connectivity index is 0.000000686. The Morgan fingerprint density at radius 2 is 0.906 bits per heavy atom. The van der Waals surface area contributed by atoms with Gasteiger partial charge in [0.15, 0.2) is 0 Å². The molecule has 2 N–H and O–H groups in total. The molecule has 0 fully saturated rings. The van der Waals surface area contributed by atoms with E-state index in [1.807, 2.05) is 36.4 Å². The highest BCUT2D eigenvalue weighted by Gasteiger charge is 2.26. The molecule has 32 heavy (non-hydrogen) atoms. The summed E-state index contributed by atoms with van der Waals surface area (Å²) in [5.41, 5.74) is 0. The standard InChI is InChI=1S/C20H10Cl2O4S2.2CH3N/c21-27(23,24)16-9-7-14-12-5-1-3-11-4-2-6-13(18(11)12)15-8-10-17(28(22,25)26)20(16)19(14)15;2*1-2/h1-10H;2*2H,1H2. The third-order valence-electron chi connectivity index (χ3n) is 5.09. The molecule has 6 nitrogen and oxygen atoms in total. The molecule has 0 spiro atoms. The zero-order chi connectivity index (χ0) is 23.8. The average Bonchev–Trinajstić information content (AvgIpc) is 2.78. The molecule has 5 aromatic rings. The van der Waals surface area contributed by atoms with Gasteiger partial charge in [0.2, 0.25) is 0 Å². The smallest absolute Gasteiger partial charge is 0.261 e. The first-order valence-corrected chi connectivity index (χ1v) is 13.5. The van der Waals surface area contributed by atoms with E-state index in [1.165, 1.54) is 12.1 Å². The van der Waals surface area contributed by atoms with Gasteiger partial charge in [-0.1, -0.05) is 48.5 Å². The number of nitrogens with one attached hydrogen (secondary N) is 2. The van der Waals surface area contributed by atoms with Crippen LogP contribution in [0.25, 0.3) is 43.1 Å². The van der Waals surface area contributed by atoms with E-state index in [9.17, 15) is 16.8 Å². The zero-order valence-corrected chi connectivity index (χ0v) is 19.5. The molecule has 0 aromatic heterocycles. The summed E-state index contributed by atoms with van der Waals surface area (Å²) >= 11 is 0. The normalized spacial score (nSPS) is 11.8. The van der Waals surface area contributed by atoms with Gasteiger partial charge in [0.25, 0.3) is 18.1 Å². The molecule has 0 aliphatic heterocycles. The molecule has 0 unspecified atom stereocenters. The van der Waals surface area contributed by atoms with Crippen LogP contribution in [0.3, 0.4) is 0 Å². The van der Waals surface area contributed by atoms with Crippen LogP contribution in [0.15, 0.2) is 70.5 Å². The van der Waals surface area contributed by atoms with Crippen LogP contribution in [0.5, 0.6) is 0 Å². The summed E-state index contributed by atoms with van der Waals surface area (Å²) < 4.78 is 48.9. The van der Waals surface area contributed by atoms with E-state index in [-0.39, 0.29) is 15.2 Å². The molecule has 5 aromatic carbocycles. The van der Waals surface area contributed by atoms with E-state index >= 15 is 0 Å². The Morgan fingerprint density at radius 3 is 1.28 bits per heavy atom. The van der Waals surface area contributed by atoms with Gasteiger partial charge in [-0.05, 0) is 57.9 Å². The Labute approximate surface area is 193 Å². The van der Waals surface area contributed by atoms with Gasteiger partial charge >= 0.3 is 0 Å². The van der Waals surface area contributed by atoms with Gasteiger partial charge in [0.1, 0.15) is 0 Å². The summed E-state index contributed by atoms with van der Waals surface area (Å²) in [6, 6.07) is 17.7. The van der Waals surface area contributed by atoms with Crippen LogP contribution in [0.1, 0.15) is 0 Å². The van der Waals surface area contributed by atoms with E-state index in [4.69, 9.17) is 32.2 Å². The van der Waals surface area contributed by atoms with Crippen LogP contribution in [-0.4, -0.2) is 30.3 Å². The van der Waals surface area contributed by atoms with Crippen LogP contribution in [0, 0.1) is 10.8 Å². The van der Waals surface area contributed by atoms with E-state index in [1.54, 1.807) is 12.1 Å². The highest BCUT2D eigenvalue weighted by molar-refractivity contribution is 8.14. The van der Waals surface area contributed by atoms with Gasteiger partial charge in [-0.2, -0.15) is 0 Å². The van der Waals surface area contributed by atoms with E-state index < -0.39 is 18.1 Å². The van der Waals surface area contributed by atoms with Crippen molar-refractivity contribution >= 4 is 96.0 Å². The third kappa shape index (κ3) is 3.69. The molecular formula is C22H16Cl2N2O4S2. The molecule has 0 saturated carbocycles. The fourth-order valence-corrected chi connectivity index (χ4v) is 6.29. The Hall–Kier alpha value is -2.78. The molecular weight excluding hydrogens is 491 g/mol. The maximum absolute atomic E-state index is 12.2. The van der Waals surface area contributed by atoms with Crippen LogP contribution >= 0.6 is 21.4 Å². The van der Waals surface area contributed by atoms with Crippen LogP contribution < -0.4 is 0 Å². The fraction of sp³-hybridized carbons (Fsp3) is 0. The highest BCUT2D eigenvalue weighted by atomic mass is 35.7. The molecule has 164 valence electrons. The number of hydrogen-bond acceptors (Lipinski definition) is 6. The minimum Gasteiger partial charge on any atom is -0.317 e. The van der Waals surface area contributed by atoms with Crippen molar-refractivity contribution in [1.82, 2.24) is 0 Å². The van der Waals surface area contributed by atoms with Crippen molar-refractivity contribution in [1.29, 1.82) is 10.8 Å². The van der Waals surface area contributed by atoms with Gasteiger partial charge < -0.3 is 10.8 Å². The summed E-state index contributed by atoms with van der Waals surface area (Å²) in [5.74, 6) is 0. The van der Waals surface area contributed by atoms with Crippen molar-refractivity contribution < 1.29 is 16.8 Å². The number of rotatable bonds is 2. The second kappa shape index (κ2) is 8.63. The van der Waals surface area contributed by atoms with Crippen molar-refractivity contribution in [3.05, 3.63) is 60.7 Å². The molecule has 10 heteroatoms. The Bertz CT molecular complexity index is 1580. The molecule has 0 heterocycles. The van der Waals surface area contributed by atoms with Crippen LogP contribution in [0.4, 0.5) is 0 Å². The first kappa shape index (κ1) is 23.9. The van der Waals surface area contributed by atoms with Crippen molar-refractivity contribution in [3.8, 4) is 0 Å². The maximum Gasteiger partial charge on any atom is 0.261 e. The van der Waals surface area contributed by atoms with Gasteiger partial charge in [0.05, 0.1) is 9.79 Å². The Kier molecular flexibility index (Phi) is 6.44. The molecule has 0 aliphatic carbocycles. The number of benzene rings is 5. The third-order valence-corrected chi connectivity index (χ3v) is 7.82. The van der Waals surface area contributed by atoms with Crippen LogP contribution in [0.2, 0.25) is 0 Å². The van der Waals surface area contributed by atoms with Gasteiger partial charge in [0, 0.05) is 32.1 Å².